The van der Waals surface area contributed by atoms with Crippen LogP contribution in [0.15, 0.2) is 120 Å². The lowest BCUT2D eigenvalue weighted by molar-refractivity contribution is 1.17. The van der Waals surface area contributed by atoms with Gasteiger partial charge < -0.3 is 10.2 Å². The first-order valence-electron chi connectivity index (χ1n) is 9.56. The van der Waals surface area contributed by atoms with E-state index in [1.54, 1.807) is 0 Å². The minimum absolute atomic E-state index is 0.526. The summed E-state index contributed by atoms with van der Waals surface area (Å²) in [6, 6.07) is 28.7. The van der Waals surface area contributed by atoms with Crippen molar-refractivity contribution in [2.45, 2.75) is 13.8 Å². The highest BCUT2D eigenvalue weighted by atomic mass is 35.5. The Morgan fingerprint density at radius 1 is 0.862 bits per heavy atom. The molecule has 0 aromatic heterocycles. The van der Waals surface area contributed by atoms with Gasteiger partial charge in [-0.05, 0) is 68.0 Å². The lowest BCUT2D eigenvalue weighted by Crippen LogP contribution is -2.17. The molecule has 3 rings (SSSR count). The number of nitrogens with one attached hydrogen (secondary N) is 1. The molecule has 2 nitrogen and oxygen atoms in total. The second-order valence-corrected chi connectivity index (χ2v) is 7.08. The van der Waals surface area contributed by atoms with Crippen molar-refractivity contribution >= 4 is 34.4 Å². The van der Waals surface area contributed by atoms with Gasteiger partial charge in [0.1, 0.15) is 0 Å². The SMILES string of the molecule is C=C(Cl)/C(C)=C(\C=C/C)N(c1ccccc1)c1cccc(Nc2ccccc2)c1. The number of nitrogens with zero attached hydrogens (tertiary/aromatic N) is 1. The molecule has 0 saturated carbocycles. The summed E-state index contributed by atoms with van der Waals surface area (Å²) in [4.78, 5) is 2.19. The quantitative estimate of drug-likeness (QED) is 0.402. The third kappa shape index (κ3) is 5.18. The molecule has 0 heterocycles. The summed E-state index contributed by atoms with van der Waals surface area (Å²) in [5.41, 5.74) is 6.05. The number of allylic oxidation sites excluding steroid dienone is 4. The van der Waals surface area contributed by atoms with Crippen molar-refractivity contribution in [1.82, 2.24) is 0 Å². The molecule has 0 unspecified atom stereocenters. The first-order valence-corrected chi connectivity index (χ1v) is 9.93. The Kier molecular flexibility index (Phi) is 6.94. The average molecular weight is 401 g/mol. The van der Waals surface area contributed by atoms with Crippen LogP contribution >= 0.6 is 11.6 Å². The minimum atomic E-state index is 0.526. The van der Waals surface area contributed by atoms with E-state index in [2.05, 4.69) is 71.4 Å². The van der Waals surface area contributed by atoms with Gasteiger partial charge in [-0.3, -0.25) is 0 Å². The fourth-order valence-corrected chi connectivity index (χ4v) is 3.18. The molecule has 3 aromatic carbocycles. The maximum absolute atomic E-state index is 6.29. The summed E-state index contributed by atoms with van der Waals surface area (Å²) in [6.07, 6.45) is 4.08. The van der Waals surface area contributed by atoms with Gasteiger partial charge in [-0.15, -0.1) is 0 Å². The topological polar surface area (TPSA) is 15.3 Å². The van der Waals surface area contributed by atoms with E-state index in [1.807, 2.05) is 56.3 Å². The van der Waals surface area contributed by atoms with Crippen molar-refractivity contribution < 1.29 is 0 Å². The highest BCUT2D eigenvalue weighted by molar-refractivity contribution is 6.31. The summed E-state index contributed by atoms with van der Waals surface area (Å²) in [5, 5.41) is 3.99. The van der Waals surface area contributed by atoms with Crippen LogP contribution in [0.5, 0.6) is 0 Å². The van der Waals surface area contributed by atoms with E-state index < -0.39 is 0 Å². The number of para-hydroxylation sites is 2. The van der Waals surface area contributed by atoms with Crippen LogP contribution in [0.25, 0.3) is 0 Å². The van der Waals surface area contributed by atoms with Crippen molar-refractivity contribution in [3.8, 4) is 0 Å². The van der Waals surface area contributed by atoms with E-state index in [1.165, 1.54) is 0 Å². The average Bonchev–Trinajstić information content (AvgIpc) is 2.74. The lowest BCUT2D eigenvalue weighted by Gasteiger charge is -2.28. The zero-order chi connectivity index (χ0) is 20.6. The minimum Gasteiger partial charge on any atom is -0.355 e. The third-order valence-corrected chi connectivity index (χ3v) is 4.82. The molecule has 0 aliphatic rings. The summed E-state index contributed by atoms with van der Waals surface area (Å²) >= 11 is 6.29. The lowest BCUT2D eigenvalue weighted by atomic mass is 10.1. The van der Waals surface area contributed by atoms with Crippen molar-refractivity contribution in [3.05, 3.63) is 120 Å². The van der Waals surface area contributed by atoms with Crippen LogP contribution in [0, 0.1) is 0 Å². The molecular weight excluding hydrogens is 376 g/mol. The van der Waals surface area contributed by atoms with Gasteiger partial charge >= 0.3 is 0 Å². The Balaban J connectivity index is 2.11. The van der Waals surface area contributed by atoms with Gasteiger partial charge in [-0.2, -0.15) is 0 Å². The third-order valence-electron chi connectivity index (χ3n) is 4.54. The number of halogens is 1. The molecule has 0 atom stereocenters. The number of hydrogen-bond acceptors (Lipinski definition) is 2. The van der Waals surface area contributed by atoms with Gasteiger partial charge in [0, 0.05) is 27.8 Å². The van der Waals surface area contributed by atoms with Gasteiger partial charge in [0.15, 0.2) is 0 Å². The monoisotopic (exact) mass is 400 g/mol. The normalized spacial score (nSPS) is 11.8. The highest BCUT2D eigenvalue weighted by Gasteiger charge is 2.16. The molecule has 0 aliphatic carbocycles. The molecule has 29 heavy (non-hydrogen) atoms. The van der Waals surface area contributed by atoms with Crippen LogP contribution in [0.4, 0.5) is 22.7 Å². The van der Waals surface area contributed by atoms with Crippen LogP contribution in [0.3, 0.4) is 0 Å². The molecule has 3 heteroatoms. The molecule has 0 radical (unpaired) electrons. The Morgan fingerprint density at radius 2 is 1.45 bits per heavy atom. The van der Waals surface area contributed by atoms with Crippen LogP contribution in [0.2, 0.25) is 0 Å². The number of rotatable bonds is 7. The molecule has 0 aliphatic heterocycles. The van der Waals surface area contributed by atoms with E-state index in [9.17, 15) is 0 Å². The maximum Gasteiger partial charge on any atom is 0.0502 e. The second-order valence-electron chi connectivity index (χ2n) is 6.63. The smallest absolute Gasteiger partial charge is 0.0502 e. The molecule has 0 bridgehead atoms. The molecule has 146 valence electrons. The van der Waals surface area contributed by atoms with Crippen molar-refractivity contribution in [2.75, 3.05) is 10.2 Å². The standard InChI is InChI=1S/C26H25ClN2/c1-4-12-26(20(2)21(3)27)29(24-16-9-6-10-17-24)25-18-11-15-23(19-25)28-22-13-7-5-8-14-22/h4-19,28H,3H2,1-2H3/b12-4-,26-20+. The van der Waals surface area contributed by atoms with E-state index in [0.29, 0.717) is 5.03 Å². The first kappa shape index (κ1) is 20.5. The fourth-order valence-electron chi connectivity index (χ4n) is 3.08. The molecule has 0 amide bonds. The fraction of sp³-hybridized carbons (Fsp3) is 0.0769. The zero-order valence-corrected chi connectivity index (χ0v) is 17.5. The molecule has 0 fully saturated rings. The summed E-state index contributed by atoms with van der Waals surface area (Å²) in [6.45, 7) is 7.93. The van der Waals surface area contributed by atoms with Crippen LogP contribution in [-0.4, -0.2) is 0 Å². The summed E-state index contributed by atoms with van der Waals surface area (Å²) in [7, 11) is 0. The predicted molar refractivity (Wildman–Crippen MR) is 127 cm³/mol. The van der Waals surface area contributed by atoms with Crippen molar-refractivity contribution in [1.29, 1.82) is 0 Å². The van der Waals surface area contributed by atoms with Gasteiger partial charge in [-0.1, -0.05) is 66.7 Å². The molecule has 3 aromatic rings. The highest BCUT2D eigenvalue weighted by Crippen LogP contribution is 2.35. The molecule has 0 spiro atoms. The molecule has 1 N–H and O–H groups in total. The first-order chi connectivity index (χ1) is 14.1. The van der Waals surface area contributed by atoms with E-state index in [4.69, 9.17) is 11.6 Å². The van der Waals surface area contributed by atoms with E-state index in [0.717, 1.165) is 34.0 Å². The Labute approximate surface area is 178 Å². The second kappa shape index (κ2) is 9.81. The Hall–Kier alpha value is -3.23. The predicted octanol–water partition coefficient (Wildman–Crippen LogP) is 8.17. The largest absolute Gasteiger partial charge is 0.355 e. The van der Waals surface area contributed by atoms with E-state index >= 15 is 0 Å². The number of benzene rings is 3. The van der Waals surface area contributed by atoms with Gasteiger partial charge in [0.25, 0.3) is 0 Å². The maximum atomic E-state index is 6.29. The van der Waals surface area contributed by atoms with Crippen LogP contribution < -0.4 is 10.2 Å². The summed E-state index contributed by atoms with van der Waals surface area (Å²) in [5.74, 6) is 0. The van der Waals surface area contributed by atoms with Crippen LogP contribution in [0.1, 0.15) is 13.8 Å². The van der Waals surface area contributed by atoms with Gasteiger partial charge in [-0.25, -0.2) is 0 Å². The molecule has 0 saturated heterocycles. The van der Waals surface area contributed by atoms with Crippen molar-refractivity contribution in [3.63, 3.8) is 0 Å². The molecular formula is C26H25ClN2. The Bertz CT molecular complexity index is 1020. The van der Waals surface area contributed by atoms with Gasteiger partial charge in [0.05, 0.1) is 5.70 Å². The number of anilines is 4. The summed E-state index contributed by atoms with van der Waals surface area (Å²) < 4.78 is 0. The Morgan fingerprint density at radius 3 is 2.07 bits per heavy atom. The number of hydrogen-bond donors (Lipinski definition) is 1. The van der Waals surface area contributed by atoms with Crippen LogP contribution in [-0.2, 0) is 0 Å². The zero-order valence-electron chi connectivity index (χ0n) is 16.8. The van der Waals surface area contributed by atoms with Crippen molar-refractivity contribution in [2.24, 2.45) is 0 Å². The van der Waals surface area contributed by atoms with Gasteiger partial charge in [0.2, 0.25) is 0 Å². The van der Waals surface area contributed by atoms with E-state index in [-0.39, 0.29) is 0 Å².